The molecule has 6 unspecified atom stereocenters. The summed E-state index contributed by atoms with van der Waals surface area (Å²) >= 11 is 0. The molecule has 6 atom stereocenters. The average molecular weight is 428 g/mol. The number of ether oxygens (including phenoxy) is 1. The van der Waals surface area contributed by atoms with Gasteiger partial charge in [-0.2, -0.15) is 5.26 Å². The lowest BCUT2D eigenvalue weighted by Crippen LogP contribution is -2.65. The van der Waals surface area contributed by atoms with Crippen LogP contribution in [0.4, 0.5) is 0 Å². The molecule has 6 heteroatoms. The predicted octanol–water partition coefficient (Wildman–Crippen LogP) is 3.68. The summed E-state index contributed by atoms with van der Waals surface area (Å²) in [7, 11) is 0. The molecular weight excluding hydrogens is 390 g/mol. The predicted molar refractivity (Wildman–Crippen MR) is 115 cm³/mol. The van der Waals surface area contributed by atoms with E-state index in [4.69, 9.17) is 10.5 Å². The zero-order chi connectivity index (χ0) is 21.8. The molecule has 1 amide bonds. The second kappa shape index (κ2) is 7.76. The van der Waals surface area contributed by atoms with Gasteiger partial charge in [0, 0.05) is 12.5 Å². The zero-order valence-electron chi connectivity index (χ0n) is 18.9. The van der Waals surface area contributed by atoms with E-state index in [0.717, 1.165) is 70.6 Å². The minimum atomic E-state index is -0.587. The number of carbonyl (C=O) groups excluding carboxylic acids is 2. The van der Waals surface area contributed by atoms with E-state index >= 15 is 0 Å². The lowest BCUT2D eigenvalue weighted by Gasteiger charge is -2.62. The molecule has 5 aliphatic carbocycles. The van der Waals surface area contributed by atoms with Gasteiger partial charge in [0.05, 0.1) is 12.1 Å². The van der Waals surface area contributed by atoms with Crippen LogP contribution < -0.4 is 5.73 Å². The number of rotatable bonds is 8. The third-order valence-corrected chi connectivity index (χ3v) is 9.05. The highest BCUT2D eigenvalue weighted by Gasteiger charge is 2.64. The van der Waals surface area contributed by atoms with Crippen LogP contribution in [-0.2, 0) is 14.3 Å². The smallest absolute Gasteiger partial charge is 0.306 e. The molecule has 31 heavy (non-hydrogen) atoms. The molecule has 5 saturated carbocycles. The first-order valence-electron chi connectivity index (χ1n) is 12.6. The Morgan fingerprint density at radius 2 is 1.87 bits per heavy atom. The van der Waals surface area contributed by atoms with Crippen LogP contribution in [-0.4, -0.2) is 40.5 Å². The highest BCUT2D eigenvalue weighted by Crippen LogP contribution is 2.64. The maximum Gasteiger partial charge on any atom is 0.306 e. The summed E-state index contributed by atoms with van der Waals surface area (Å²) in [5.74, 6) is 1.38. The second-order valence-corrected chi connectivity index (χ2v) is 11.5. The lowest BCUT2D eigenvalue weighted by atomic mass is 9.46. The molecule has 2 N–H and O–H groups in total. The quantitative estimate of drug-likeness (QED) is 0.471. The molecule has 0 aromatic heterocycles. The standard InChI is InChI=1S/C25H37N3O3/c1-2-3-4-5-6-21(29)31-25-12-16-7-17(13-25)11-24(10-16,15-25)22(27)23(30)28-19(14-26)8-18-9-20(18)28/h16-20,22H,2-13,15,27H2,1H3. The van der Waals surface area contributed by atoms with Gasteiger partial charge in [0.15, 0.2) is 0 Å². The number of amides is 1. The maximum atomic E-state index is 13.5. The number of piperidine rings is 1. The minimum absolute atomic E-state index is 0.0282. The molecule has 170 valence electrons. The zero-order valence-corrected chi connectivity index (χ0v) is 18.9. The number of esters is 1. The molecule has 1 heterocycles. The molecule has 0 spiro atoms. The van der Waals surface area contributed by atoms with Gasteiger partial charge in [0.2, 0.25) is 5.91 Å². The fourth-order valence-electron chi connectivity index (χ4n) is 8.03. The van der Waals surface area contributed by atoms with Crippen LogP contribution in [0.1, 0.15) is 90.4 Å². The van der Waals surface area contributed by atoms with Gasteiger partial charge in [-0.05, 0) is 81.0 Å². The van der Waals surface area contributed by atoms with E-state index < -0.39 is 11.6 Å². The van der Waals surface area contributed by atoms with Gasteiger partial charge in [-0.1, -0.05) is 26.2 Å². The molecule has 6 fully saturated rings. The van der Waals surface area contributed by atoms with Crippen LogP contribution in [0.15, 0.2) is 0 Å². The number of hydrogen-bond donors (Lipinski definition) is 1. The van der Waals surface area contributed by atoms with Crippen molar-refractivity contribution in [1.29, 1.82) is 5.26 Å². The SMILES string of the molecule is CCCCCCC(=O)OC12CC3CC(C1)CC(C(N)C(=O)N1C(C#N)CC4CC41)(C3)C2. The van der Waals surface area contributed by atoms with Crippen molar-refractivity contribution in [2.75, 3.05) is 0 Å². The third kappa shape index (κ3) is 3.67. The van der Waals surface area contributed by atoms with E-state index in [1.165, 1.54) is 6.42 Å². The monoisotopic (exact) mass is 427 g/mol. The Morgan fingerprint density at radius 3 is 2.55 bits per heavy atom. The largest absolute Gasteiger partial charge is 0.459 e. The highest BCUT2D eigenvalue weighted by molar-refractivity contribution is 5.84. The van der Waals surface area contributed by atoms with E-state index in [9.17, 15) is 14.9 Å². The average Bonchev–Trinajstić information content (AvgIpc) is 3.38. The number of unbranched alkanes of at least 4 members (excludes halogenated alkanes) is 3. The first-order chi connectivity index (χ1) is 14.9. The Labute approximate surface area is 185 Å². The normalized spacial score (nSPS) is 42.7. The van der Waals surface area contributed by atoms with Crippen molar-refractivity contribution in [2.24, 2.45) is 28.9 Å². The van der Waals surface area contributed by atoms with E-state index in [0.29, 0.717) is 24.2 Å². The molecule has 1 saturated heterocycles. The summed E-state index contributed by atoms with van der Waals surface area (Å²) in [5.41, 5.74) is 6.05. The Hall–Kier alpha value is -1.61. The Balaban J connectivity index is 1.30. The first kappa shape index (κ1) is 21.2. The Kier molecular flexibility index (Phi) is 5.32. The summed E-state index contributed by atoms with van der Waals surface area (Å²) in [6.07, 6.45) is 12.3. The summed E-state index contributed by atoms with van der Waals surface area (Å²) < 4.78 is 6.21. The van der Waals surface area contributed by atoms with Gasteiger partial charge in [-0.15, -0.1) is 0 Å². The number of nitrogens with two attached hydrogens (primary N) is 1. The molecule has 0 radical (unpaired) electrons. The van der Waals surface area contributed by atoms with Gasteiger partial charge in [-0.3, -0.25) is 9.59 Å². The van der Waals surface area contributed by atoms with Crippen LogP contribution in [0.5, 0.6) is 0 Å². The second-order valence-electron chi connectivity index (χ2n) is 11.5. The molecule has 6 rings (SSSR count). The van der Waals surface area contributed by atoms with E-state index in [-0.39, 0.29) is 29.4 Å². The number of likely N-dealkylation sites (tertiary alicyclic amines) is 1. The summed E-state index contributed by atoms with van der Waals surface area (Å²) in [4.78, 5) is 28.0. The van der Waals surface area contributed by atoms with E-state index in [1.54, 1.807) is 0 Å². The van der Waals surface area contributed by atoms with E-state index in [2.05, 4.69) is 13.0 Å². The van der Waals surface area contributed by atoms with Gasteiger partial charge < -0.3 is 15.4 Å². The Morgan fingerprint density at radius 1 is 1.13 bits per heavy atom. The fraction of sp³-hybridized carbons (Fsp3) is 0.880. The number of carbonyl (C=O) groups is 2. The number of fused-ring (bicyclic) bond motifs is 1. The maximum absolute atomic E-state index is 13.5. The fourth-order valence-corrected chi connectivity index (χ4v) is 8.03. The summed E-state index contributed by atoms with van der Waals surface area (Å²) in [5, 5.41) is 9.54. The topological polar surface area (TPSA) is 96.4 Å². The van der Waals surface area contributed by atoms with Gasteiger partial charge in [0.1, 0.15) is 11.6 Å². The first-order valence-corrected chi connectivity index (χ1v) is 12.6. The van der Waals surface area contributed by atoms with Crippen LogP contribution in [0, 0.1) is 34.5 Å². The lowest BCUT2D eigenvalue weighted by molar-refractivity contribution is -0.206. The Bertz CT molecular complexity index is 775. The van der Waals surface area contributed by atoms with Gasteiger partial charge in [0.25, 0.3) is 0 Å². The number of nitriles is 1. The minimum Gasteiger partial charge on any atom is -0.459 e. The van der Waals surface area contributed by atoms with Crippen LogP contribution in [0.25, 0.3) is 0 Å². The molecule has 4 bridgehead atoms. The third-order valence-electron chi connectivity index (χ3n) is 9.05. The van der Waals surface area contributed by atoms with Crippen molar-refractivity contribution in [3.63, 3.8) is 0 Å². The number of nitrogens with zero attached hydrogens (tertiary/aromatic N) is 2. The van der Waals surface area contributed by atoms with Crippen molar-refractivity contribution in [3.05, 3.63) is 0 Å². The van der Waals surface area contributed by atoms with Crippen molar-refractivity contribution in [1.82, 2.24) is 4.90 Å². The van der Waals surface area contributed by atoms with Crippen LogP contribution in [0.2, 0.25) is 0 Å². The van der Waals surface area contributed by atoms with Crippen molar-refractivity contribution < 1.29 is 14.3 Å². The van der Waals surface area contributed by atoms with Gasteiger partial charge >= 0.3 is 5.97 Å². The van der Waals surface area contributed by atoms with Crippen molar-refractivity contribution in [3.8, 4) is 6.07 Å². The molecule has 0 aromatic carbocycles. The molecule has 6 aliphatic rings. The molecular formula is C25H37N3O3. The summed E-state index contributed by atoms with van der Waals surface area (Å²) in [6, 6.07) is 1.65. The van der Waals surface area contributed by atoms with E-state index in [1.807, 2.05) is 4.90 Å². The molecule has 1 aliphatic heterocycles. The summed E-state index contributed by atoms with van der Waals surface area (Å²) in [6.45, 7) is 2.17. The molecule has 0 aromatic rings. The van der Waals surface area contributed by atoms with Crippen molar-refractivity contribution >= 4 is 11.9 Å². The highest BCUT2D eigenvalue weighted by atomic mass is 16.6. The number of hydrogen-bond acceptors (Lipinski definition) is 5. The van der Waals surface area contributed by atoms with Crippen LogP contribution in [0.3, 0.4) is 0 Å². The van der Waals surface area contributed by atoms with Gasteiger partial charge in [-0.25, -0.2) is 0 Å². The van der Waals surface area contributed by atoms with Crippen LogP contribution >= 0.6 is 0 Å². The molecule has 6 nitrogen and oxygen atoms in total. The van der Waals surface area contributed by atoms with Crippen molar-refractivity contribution in [2.45, 2.75) is 114 Å².